The quantitative estimate of drug-likeness (QED) is 0.792. The van der Waals surface area contributed by atoms with Gasteiger partial charge in [0.25, 0.3) is 5.91 Å². The summed E-state index contributed by atoms with van der Waals surface area (Å²) >= 11 is 0. The zero-order valence-electron chi connectivity index (χ0n) is 16.9. The summed E-state index contributed by atoms with van der Waals surface area (Å²) in [7, 11) is 1.84. The van der Waals surface area contributed by atoms with Gasteiger partial charge in [-0.1, -0.05) is 19.3 Å². The molecule has 0 aromatic carbocycles. The van der Waals surface area contributed by atoms with Crippen LogP contribution < -0.4 is 0 Å². The fourth-order valence-electron chi connectivity index (χ4n) is 5.39. The van der Waals surface area contributed by atoms with E-state index in [1.165, 1.54) is 32.1 Å². The molecule has 1 saturated carbocycles. The topological polar surface area (TPSA) is 67.7 Å². The molecule has 28 heavy (non-hydrogen) atoms. The molecular formula is C21H32N4O3. The first-order chi connectivity index (χ1) is 13.6. The van der Waals surface area contributed by atoms with Crippen molar-refractivity contribution in [3.05, 3.63) is 18.0 Å². The summed E-state index contributed by atoms with van der Waals surface area (Å²) in [5.74, 6) is 0.741. The molecule has 4 rings (SSSR count). The van der Waals surface area contributed by atoms with E-state index >= 15 is 0 Å². The van der Waals surface area contributed by atoms with E-state index in [0.717, 1.165) is 19.5 Å². The van der Waals surface area contributed by atoms with E-state index in [-0.39, 0.29) is 17.2 Å². The van der Waals surface area contributed by atoms with Gasteiger partial charge >= 0.3 is 0 Å². The van der Waals surface area contributed by atoms with Crippen molar-refractivity contribution in [3.63, 3.8) is 0 Å². The molecule has 2 saturated heterocycles. The van der Waals surface area contributed by atoms with Crippen LogP contribution in [0.25, 0.3) is 0 Å². The van der Waals surface area contributed by atoms with Crippen molar-refractivity contribution in [2.45, 2.75) is 44.9 Å². The van der Waals surface area contributed by atoms with Crippen LogP contribution in [0.15, 0.2) is 12.4 Å². The molecule has 1 spiro atoms. The summed E-state index contributed by atoms with van der Waals surface area (Å²) in [6.07, 6.45) is 11.1. The molecule has 7 heteroatoms. The Morgan fingerprint density at radius 1 is 1.18 bits per heavy atom. The predicted molar refractivity (Wildman–Crippen MR) is 105 cm³/mol. The van der Waals surface area contributed by atoms with Crippen molar-refractivity contribution in [1.82, 2.24) is 19.6 Å². The molecule has 7 nitrogen and oxygen atoms in total. The summed E-state index contributed by atoms with van der Waals surface area (Å²) in [4.78, 5) is 29.6. The van der Waals surface area contributed by atoms with Crippen LogP contribution in [0.3, 0.4) is 0 Å². The Hall–Kier alpha value is -1.89. The Kier molecular flexibility index (Phi) is 5.71. The standard InChI is InChI=1S/C21H32N4O3/c1-23-14-17(13-22-23)20(27)25-15-18(21(16-25)7-3-2-4-8-21)5-6-19(26)24-9-11-28-12-10-24/h13-14,18H,2-12,15-16H2,1H3. The second kappa shape index (κ2) is 8.23. The number of hydrogen-bond donors (Lipinski definition) is 0. The first-order valence-corrected chi connectivity index (χ1v) is 10.7. The number of rotatable bonds is 4. The molecular weight excluding hydrogens is 356 g/mol. The van der Waals surface area contributed by atoms with Crippen LogP contribution in [-0.4, -0.2) is 70.8 Å². The number of amides is 2. The van der Waals surface area contributed by atoms with E-state index in [1.54, 1.807) is 17.1 Å². The summed E-state index contributed by atoms with van der Waals surface area (Å²) in [5, 5.41) is 4.15. The lowest BCUT2D eigenvalue weighted by Gasteiger charge is -2.38. The molecule has 1 unspecified atom stereocenters. The summed E-state index contributed by atoms with van der Waals surface area (Å²) in [5.41, 5.74) is 0.861. The van der Waals surface area contributed by atoms with Crippen LogP contribution in [0.4, 0.5) is 0 Å². The van der Waals surface area contributed by atoms with Gasteiger partial charge < -0.3 is 14.5 Å². The SMILES string of the molecule is Cn1cc(C(=O)N2CC(CCC(=O)N3CCOCC3)C3(CCCCC3)C2)cn1. The van der Waals surface area contributed by atoms with Crippen molar-refractivity contribution in [2.75, 3.05) is 39.4 Å². The van der Waals surface area contributed by atoms with E-state index in [2.05, 4.69) is 5.10 Å². The minimum atomic E-state index is 0.0834. The molecule has 0 radical (unpaired) electrons. The van der Waals surface area contributed by atoms with Gasteiger partial charge in [0.2, 0.25) is 5.91 Å². The van der Waals surface area contributed by atoms with Gasteiger partial charge in [0.05, 0.1) is 25.0 Å². The largest absolute Gasteiger partial charge is 0.378 e. The molecule has 3 heterocycles. The van der Waals surface area contributed by atoms with Crippen molar-refractivity contribution >= 4 is 11.8 Å². The van der Waals surface area contributed by atoms with Gasteiger partial charge in [-0.3, -0.25) is 14.3 Å². The Morgan fingerprint density at radius 2 is 1.93 bits per heavy atom. The molecule has 0 N–H and O–H groups in total. The lowest BCUT2D eigenvalue weighted by atomic mass is 9.66. The van der Waals surface area contributed by atoms with Gasteiger partial charge in [-0.25, -0.2) is 0 Å². The number of carbonyl (C=O) groups is 2. The van der Waals surface area contributed by atoms with Gasteiger partial charge in [0.1, 0.15) is 0 Å². The Bertz CT molecular complexity index is 704. The number of nitrogens with zero attached hydrogens (tertiary/aromatic N) is 4. The minimum absolute atomic E-state index is 0.0834. The average Bonchev–Trinajstić information content (AvgIpc) is 3.31. The summed E-state index contributed by atoms with van der Waals surface area (Å²) in [6.45, 7) is 4.31. The van der Waals surface area contributed by atoms with Crippen molar-refractivity contribution < 1.29 is 14.3 Å². The first-order valence-electron chi connectivity index (χ1n) is 10.7. The first kappa shape index (κ1) is 19.4. The molecule has 3 aliphatic rings. The summed E-state index contributed by atoms with van der Waals surface area (Å²) in [6, 6.07) is 0. The normalized spacial score (nSPS) is 24.7. The molecule has 1 atom stereocenters. The number of aromatic nitrogens is 2. The van der Waals surface area contributed by atoms with Crippen LogP contribution in [0, 0.1) is 11.3 Å². The number of likely N-dealkylation sites (tertiary alicyclic amines) is 1. The zero-order chi connectivity index (χ0) is 19.6. The third-order valence-electron chi connectivity index (χ3n) is 6.97. The molecule has 2 aliphatic heterocycles. The predicted octanol–water partition coefficient (Wildman–Crippen LogP) is 2.08. The molecule has 1 aliphatic carbocycles. The van der Waals surface area contributed by atoms with Crippen LogP contribution >= 0.6 is 0 Å². The van der Waals surface area contributed by atoms with E-state index in [0.29, 0.717) is 44.2 Å². The highest BCUT2D eigenvalue weighted by Gasteiger charge is 2.48. The van der Waals surface area contributed by atoms with Crippen molar-refractivity contribution in [3.8, 4) is 0 Å². The van der Waals surface area contributed by atoms with Gasteiger partial charge in [-0.2, -0.15) is 5.10 Å². The van der Waals surface area contributed by atoms with Crippen LogP contribution in [0.2, 0.25) is 0 Å². The number of hydrogen-bond acceptors (Lipinski definition) is 4. The second-order valence-electron chi connectivity index (χ2n) is 8.74. The van der Waals surface area contributed by atoms with Gasteiger partial charge in [-0.15, -0.1) is 0 Å². The lowest BCUT2D eigenvalue weighted by Crippen LogP contribution is -2.41. The number of ether oxygens (including phenoxy) is 1. The highest BCUT2D eigenvalue weighted by molar-refractivity contribution is 5.94. The van der Waals surface area contributed by atoms with E-state index in [9.17, 15) is 9.59 Å². The number of aryl methyl sites for hydroxylation is 1. The van der Waals surface area contributed by atoms with E-state index in [1.807, 2.05) is 16.8 Å². The lowest BCUT2D eigenvalue weighted by molar-refractivity contribution is -0.135. The summed E-state index contributed by atoms with van der Waals surface area (Å²) < 4.78 is 7.04. The van der Waals surface area contributed by atoms with Gasteiger partial charge in [0, 0.05) is 45.8 Å². The fourth-order valence-corrected chi connectivity index (χ4v) is 5.39. The highest BCUT2D eigenvalue weighted by atomic mass is 16.5. The van der Waals surface area contributed by atoms with E-state index < -0.39 is 0 Å². The van der Waals surface area contributed by atoms with Crippen LogP contribution in [-0.2, 0) is 16.6 Å². The fraction of sp³-hybridized carbons (Fsp3) is 0.762. The molecule has 2 amide bonds. The minimum Gasteiger partial charge on any atom is -0.378 e. The molecule has 1 aromatic heterocycles. The highest BCUT2D eigenvalue weighted by Crippen LogP contribution is 2.49. The van der Waals surface area contributed by atoms with E-state index in [4.69, 9.17) is 4.74 Å². The third kappa shape index (κ3) is 3.95. The molecule has 3 fully saturated rings. The van der Waals surface area contributed by atoms with Crippen LogP contribution in [0.5, 0.6) is 0 Å². The van der Waals surface area contributed by atoms with Crippen LogP contribution in [0.1, 0.15) is 55.3 Å². The van der Waals surface area contributed by atoms with Crippen molar-refractivity contribution in [2.24, 2.45) is 18.4 Å². The monoisotopic (exact) mass is 388 g/mol. The Labute approximate surface area is 167 Å². The maximum absolute atomic E-state index is 13.0. The molecule has 1 aromatic rings. The Balaban J connectivity index is 1.43. The van der Waals surface area contributed by atoms with Gasteiger partial charge in [0.15, 0.2) is 0 Å². The maximum atomic E-state index is 13.0. The molecule has 0 bridgehead atoms. The molecule has 154 valence electrons. The van der Waals surface area contributed by atoms with Crippen molar-refractivity contribution in [1.29, 1.82) is 0 Å². The Morgan fingerprint density at radius 3 is 2.61 bits per heavy atom. The maximum Gasteiger partial charge on any atom is 0.257 e. The smallest absolute Gasteiger partial charge is 0.257 e. The number of carbonyl (C=O) groups excluding carboxylic acids is 2. The third-order valence-corrected chi connectivity index (χ3v) is 6.97. The zero-order valence-corrected chi connectivity index (χ0v) is 16.9. The number of morpholine rings is 1. The second-order valence-corrected chi connectivity index (χ2v) is 8.74. The average molecular weight is 389 g/mol. The van der Waals surface area contributed by atoms with Gasteiger partial charge in [-0.05, 0) is 30.6 Å².